The smallest absolute Gasteiger partial charge is 0.253 e. The highest BCUT2D eigenvalue weighted by Crippen LogP contribution is 2.15. The number of nitrogens with zero attached hydrogens (tertiary/aromatic N) is 1. The zero-order chi connectivity index (χ0) is 8.27. The van der Waals surface area contributed by atoms with Crippen molar-refractivity contribution in [3.63, 3.8) is 0 Å². The molecule has 1 aliphatic rings. The van der Waals surface area contributed by atoms with E-state index >= 15 is 0 Å². The minimum atomic E-state index is -0.841. The van der Waals surface area contributed by atoms with Crippen LogP contribution < -0.4 is 0 Å². The second-order valence-electron chi connectivity index (χ2n) is 3.22. The molecule has 0 aromatic carbocycles. The molecule has 0 spiro atoms. The van der Waals surface area contributed by atoms with E-state index in [1.54, 1.807) is 4.90 Å². The van der Waals surface area contributed by atoms with E-state index in [2.05, 4.69) is 6.92 Å². The van der Waals surface area contributed by atoms with Gasteiger partial charge in [-0.15, -0.1) is 0 Å². The van der Waals surface area contributed by atoms with Crippen molar-refractivity contribution in [1.29, 1.82) is 0 Å². The van der Waals surface area contributed by atoms with Gasteiger partial charge in [-0.05, 0) is 18.8 Å². The van der Waals surface area contributed by atoms with Gasteiger partial charge in [0.1, 0.15) is 0 Å². The Labute approximate surface area is 66.4 Å². The van der Waals surface area contributed by atoms with Crippen molar-refractivity contribution >= 4 is 5.91 Å². The molecule has 0 bridgehead atoms. The highest BCUT2D eigenvalue weighted by Gasteiger charge is 2.19. The molecule has 1 unspecified atom stereocenters. The summed E-state index contributed by atoms with van der Waals surface area (Å²) in [6.07, 6.45) is 2.18. The van der Waals surface area contributed by atoms with Crippen LogP contribution in [0.25, 0.3) is 0 Å². The van der Waals surface area contributed by atoms with Gasteiger partial charge in [-0.2, -0.15) is 0 Å². The minimum Gasteiger partial charge on any atom is -0.340 e. The molecule has 0 radical (unpaired) electrons. The summed E-state index contributed by atoms with van der Waals surface area (Å²) in [7, 11) is 0. The molecule has 1 heterocycles. The van der Waals surface area contributed by atoms with Crippen molar-refractivity contribution in [2.45, 2.75) is 19.8 Å². The third kappa shape index (κ3) is 2.17. The molecule has 0 N–H and O–H groups in total. The summed E-state index contributed by atoms with van der Waals surface area (Å²) in [6.45, 7) is 2.74. The number of likely N-dealkylation sites (tertiary alicyclic amines) is 1. The summed E-state index contributed by atoms with van der Waals surface area (Å²) in [5.41, 5.74) is 0. The van der Waals surface area contributed by atoms with Crippen LogP contribution in [0.1, 0.15) is 19.8 Å². The summed E-state index contributed by atoms with van der Waals surface area (Å²) < 4.78 is 11.9. The predicted molar refractivity (Wildman–Crippen MR) is 41.0 cm³/mol. The van der Waals surface area contributed by atoms with Crippen LogP contribution >= 0.6 is 0 Å². The minimum absolute atomic E-state index is 0.350. The largest absolute Gasteiger partial charge is 0.340 e. The number of rotatable bonds is 1. The summed E-state index contributed by atoms with van der Waals surface area (Å²) in [6, 6.07) is 0. The van der Waals surface area contributed by atoms with E-state index in [9.17, 15) is 9.18 Å². The predicted octanol–water partition coefficient (Wildman–Crippen LogP) is 1.21. The van der Waals surface area contributed by atoms with Crippen LogP contribution in [0.5, 0.6) is 0 Å². The van der Waals surface area contributed by atoms with Gasteiger partial charge < -0.3 is 4.90 Å². The molecule has 64 valence electrons. The number of carbonyl (C=O) groups is 1. The van der Waals surface area contributed by atoms with Gasteiger partial charge in [-0.25, -0.2) is 4.39 Å². The van der Waals surface area contributed by atoms with Crippen LogP contribution in [0.3, 0.4) is 0 Å². The maximum Gasteiger partial charge on any atom is 0.253 e. The number of piperidine rings is 1. The molecule has 1 saturated heterocycles. The first-order valence-electron chi connectivity index (χ1n) is 4.07. The Balaban J connectivity index is 2.39. The van der Waals surface area contributed by atoms with Gasteiger partial charge in [0.25, 0.3) is 5.91 Å². The first-order valence-corrected chi connectivity index (χ1v) is 4.07. The quantitative estimate of drug-likeness (QED) is 0.563. The fraction of sp³-hybridized carbons (Fsp3) is 0.875. The molecule has 1 atom stereocenters. The topological polar surface area (TPSA) is 20.3 Å². The van der Waals surface area contributed by atoms with Gasteiger partial charge >= 0.3 is 0 Å². The van der Waals surface area contributed by atoms with Crippen LogP contribution in [-0.2, 0) is 4.79 Å². The lowest BCUT2D eigenvalue weighted by Gasteiger charge is -2.30. The van der Waals surface area contributed by atoms with Crippen molar-refractivity contribution in [3.8, 4) is 0 Å². The Morgan fingerprint density at radius 2 is 2.45 bits per heavy atom. The molecule has 0 aliphatic carbocycles. The van der Waals surface area contributed by atoms with Crippen molar-refractivity contribution in [3.05, 3.63) is 0 Å². The molecule has 3 heteroatoms. The monoisotopic (exact) mass is 159 g/mol. The Morgan fingerprint density at radius 1 is 1.73 bits per heavy atom. The standard InChI is InChI=1S/C8H14FNO/c1-7-3-2-4-10(6-7)8(11)5-9/h7H,2-6H2,1H3. The van der Waals surface area contributed by atoms with E-state index in [4.69, 9.17) is 0 Å². The third-order valence-corrected chi connectivity index (χ3v) is 2.12. The SMILES string of the molecule is CC1CCCN(C(=O)CF)C1. The van der Waals surface area contributed by atoms with Crippen LogP contribution in [0.15, 0.2) is 0 Å². The summed E-state index contributed by atoms with van der Waals surface area (Å²) >= 11 is 0. The van der Waals surface area contributed by atoms with E-state index in [0.29, 0.717) is 5.92 Å². The molecular formula is C8H14FNO. The number of hydrogen-bond acceptors (Lipinski definition) is 1. The summed E-state index contributed by atoms with van der Waals surface area (Å²) in [5, 5.41) is 0. The molecule has 0 aromatic heterocycles. The van der Waals surface area contributed by atoms with Gasteiger partial charge in [-0.1, -0.05) is 6.92 Å². The van der Waals surface area contributed by atoms with Crippen molar-refractivity contribution in [2.75, 3.05) is 19.8 Å². The first-order chi connectivity index (χ1) is 5.24. The number of alkyl halides is 1. The average Bonchev–Trinajstić information content (AvgIpc) is 2.03. The molecule has 1 rings (SSSR count). The Morgan fingerprint density at radius 3 is 3.00 bits per heavy atom. The van der Waals surface area contributed by atoms with Gasteiger partial charge in [-0.3, -0.25) is 4.79 Å². The number of amides is 1. The normalized spacial score (nSPS) is 25.3. The van der Waals surface area contributed by atoms with E-state index < -0.39 is 6.67 Å². The zero-order valence-electron chi connectivity index (χ0n) is 6.85. The second kappa shape index (κ2) is 3.69. The lowest BCUT2D eigenvalue weighted by atomic mass is 10.0. The molecular weight excluding hydrogens is 145 g/mol. The number of halogens is 1. The lowest BCUT2D eigenvalue weighted by Crippen LogP contribution is -2.39. The Bertz CT molecular complexity index is 149. The van der Waals surface area contributed by atoms with Crippen molar-refractivity contribution < 1.29 is 9.18 Å². The summed E-state index contributed by atoms with van der Waals surface area (Å²) in [4.78, 5) is 12.5. The maximum absolute atomic E-state index is 11.9. The molecule has 1 amide bonds. The highest BCUT2D eigenvalue weighted by atomic mass is 19.1. The number of hydrogen-bond donors (Lipinski definition) is 0. The summed E-state index contributed by atoms with van der Waals surface area (Å²) in [5.74, 6) is 0.191. The molecule has 0 aromatic rings. The van der Waals surface area contributed by atoms with Crippen LogP contribution in [-0.4, -0.2) is 30.6 Å². The van der Waals surface area contributed by atoms with E-state index in [-0.39, 0.29) is 5.91 Å². The van der Waals surface area contributed by atoms with Crippen molar-refractivity contribution in [1.82, 2.24) is 4.90 Å². The highest BCUT2D eigenvalue weighted by molar-refractivity contribution is 5.77. The zero-order valence-corrected chi connectivity index (χ0v) is 6.85. The molecule has 2 nitrogen and oxygen atoms in total. The van der Waals surface area contributed by atoms with Crippen LogP contribution in [0, 0.1) is 5.92 Å². The van der Waals surface area contributed by atoms with Crippen molar-refractivity contribution in [2.24, 2.45) is 5.92 Å². The van der Waals surface area contributed by atoms with E-state index in [1.165, 1.54) is 0 Å². The first kappa shape index (κ1) is 8.50. The van der Waals surface area contributed by atoms with Gasteiger partial charge in [0.2, 0.25) is 0 Å². The Hall–Kier alpha value is -0.600. The molecule has 11 heavy (non-hydrogen) atoms. The molecule has 1 fully saturated rings. The second-order valence-corrected chi connectivity index (χ2v) is 3.22. The van der Waals surface area contributed by atoms with Gasteiger partial charge in [0.05, 0.1) is 0 Å². The third-order valence-electron chi connectivity index (χ3n) is 2.12. The average molecular weight is 159 g/mol. The van der Waals surface area contributed by atoms with Gasteiger partial charge in [0, 0.05) is 13.1 Å². The fourth-order valence-corrected chi connectivity index (χ4v) is 1.50. The van der Waals surface area contributed by atoms with Crippen LogP contribution in [0.4, 0.5) is 4.39 Å². The number of carbonyl (C=O) groups excluding carboxylic acids is 1. The molecule has 1 aliphatic heterocycles. The molecule has 0 saturated carbocycles. The maximum atomic E-state index is 11.9. The fourth-order valence-electron chi connectivity index (χ4n) is 1.50. The van der Waals surface area contributed by atoms with E-state index in [1.807, 2.05) is 0 Å². The van der Waals surface area contributed by atoms with E-state index in [0.717, 1.165) is 25.9 Å². The lowest BCUT2D eigenvalue weighted by molar-refractivity contribution is -0.133. The van der Waals surface area contributed by atoms with Gasteiger partial charge in [0.15, 0.2) is 6.67 Å². The van der Waals surface area contributed by atoms with Crippen LogP contribution in [0.2, 0.25) is 0 Å². The Kier molecular flexibility index (Phi) is 2.85.